The highest BCUT2D eigenvalue weighted by molar-refractivity contribution is 7.92. The van der Waals surface area contributed by atoms with Crippen molar-refractivity contribution in [1.82, 2.24) is 5.32 Å². The predicted octanol–water partition coefficient (Wildman–Crippen LogP) is 5.17. The molecule has 0 unspecified atom stereocenters. The number of sulfonamides is 1. The van der Waals surface area contributed by atoms with Crippen LogP contribution < -0.4 is 9.62 Å². The van der Waals surface area contributed by atoms with Gasteiger partial charge in [0.25, 0.3) is 5.91 Å². The van der Waals surface area contributed by atoms with Gasteiger partial charge in [-0.15, -0.1) is 0 Å². The van der Waals surface area contributed by atoms with E-state index in [9.17, 15) is 13.2 Å². The molecule has 1 amide bonds. The van der Waals surface area contributed by atoms with Crippen molar-refractivity contribution in [3.63, 3.8) is 0 Å². The van der Waals surface area contributed by atoms with Crippen LogP contribution in [0.25, 0.3) is 0 Å². The molecule has 5 nitrogen and oxygen atoms in total. The van der Waals surface area contributed by atoms with Crippen molar-refractivity contribution in [3.05, 3.63) is 102 Å². The topological polar surface area (TPSA) is 66.5 Å². The molecule has 0 heterocycles. The van der Waals surface area contributed by atoms with E-state index >= 15 is 0 Å². The number of rotatable bonds is 9. The van der Waals surface area contributed by atoms with Gasteiger partial charge >= 0.3 is 0 Å². The van der Waals surface area contributed by atoms with E-state index in [4.69, 9.17) is 0 Å². The predicted molar refractivity (Wildman–Crippen MR) is 130 cm³/mol. The van der Waals surface area contributed by atoms with Gasteiger partial charge in [-0.25, -0.2) is 8.42 Å². The average Bonchev–Trinajstić information content (AvgIpc) is 2.77. The maximum absolute atomic E-state index is 13.4. The van der Waals surface area contributed by atoms with Crippen LogP contribution in [0.5, 0.6) is 0 Å². The molecule has 168 valence electrons. The number of carbonyl (C=O) groups excluding carboxylic acids is 1. The Kier molecular flexibility index (Phi) is 7.70. The third-order valence-corrected chi connectivity index (χ3v) is 6.33. The van der Waals surface area contributed by atoms with Crippen molar-refractivity contribution in [1.29, 1.82) is 0 Å². The van der Waals surface area contributed by atoms with E-state index in [1.165, 1.54) is 4.31 Å². The van der Waals surface area contributed by atoms with Crippen molar-refractivity contribution < 1.29 is 13.2 Å². The summed E-state index contributed by atoms with van der Waals surface area (Å²) in [4.78, 5) is 13.4. The lowest BCUT2D eigenvalue weighted by molar-refractivity contribution is 0.0932. The summed E-state index contributed by atoms with van der Waals surface area (Å²) in [5.41, 5.74) is 2.57. The lowest BCUT2D eigenvalue weighted by atomic mass is 9.96. The van der Waals surface area contributed by atoms with Gasteiger partial charge < -0.3 is 5.32 Å². The second-order valence-electron chi connectivity index (χ2n) is 8.34. The maximum atomic E-state index is 13.4. The number of hydrogen-bond donors (Lipinski definition) is 1. The van der Waals surface area contributed by atoms with E-state index in [1.807, 2.05) is 60.7 Å². The molecule has 32 heavy (non-hydrogen) atoms. The second-order valence-corrected chi connectivity index (χ2v) is 10.2. The first-order valence-electron chi connectivity index (χ1n) is 10.7. The molecule has 0 saturated carbocycles. The van der Waals surface area contributed by atoms with Crippen LogP contribution in [0.3, 0.4) is 0 Å². The Hall–Kier alpha value is -3.12. The minimum absolute atomic E-state index is 0.151. The highest BCUT2D eigenvalue weighted by atomic mass is 32.2. The fraction of sp³-hybridized carbons (Fsp3) is 0.269. The highest BCUT2D eigenvalue weighted by Crippen LogP contribution is 2.27. The van der Waals surface area contributed by atoms with Crippen LogP contribution in [0.15, 0.2) is 84.9 Å². The maximum Gasteiger partial charge on any atom is 0.253 e. The molecule has 0 fully saturated rings. The molecule has 0 spiro atoms. The molecule has 3 aromatic carbocycles. The Balaban J connectivity index is 1.95. The zero-order valence-electron chi connectivity index (χ0n) is 18.7. The number of benzene rings is 3. The summed E-state index contributed by atoms with van der Waals surface area (Å²) < 4.78 is 26.7. The SMILES string of the molecule is CC(C)C[C@@H](NC(=O)c1ccccc1N(Cc1ccccc1)S(C)(=O)=O)c1ccccc1. The van der Waals surface area contributed by atoms with E-state index in [0.717, 1.165) is 23.8 Å². The molecule has 6 heteroatoms. The van der Waals surface area contributed by atoms with Crippen molar-refractivity contribution >= 4 is 21.6 Å². The van der Waals surface area contributed by atoms with E-state index in [2.05, 4.69) is 19.2 Å². The molecule has 1 atom stereocenters. The first-order chi connectivity index (χ1) is 15.3. The fourth-order valence-electron chi connectivity index (χ4n) is 3.68. The Bertz CT molecular complexity index is 1130. The molecule has 3 aromatic rings. The standard InChI is InChI=1S/C26H30N2O3S/c1-20(2)18-24(22-14-8-5-9-15-22)27-26(29)23-16-10-11-17-25(23)28(32(3,30)31)19-21-12-6-4-7-13-21/h4-17,20,24H,18-19H2,1-3H3,(H,27,29)/t24-/m1/s1. The number of anilines is 1. The summed E-state index contributed by atoms with van der Waals surface area (Å²) in [6, 6.07) is 25.9. The molecule has 0 saturated heterocycles. The van der Waals surface area contributed by atoms with Gasteiger partial charge in [0.15, 0.2) is 0 Å². The molecule has 0 aromatic heterocycles. The van der Waals surface area contributed by atoms with Crippen LogP contribution in [0.1, 0.15) is 47.8 Å². The molecular weight excluding hydrogens is 420 g/mol. The van der Waals surface area contributed by atoms with Gasteiger partial charge in [-0.05, 0) is 35.6 Å². The number of para-hydroxylation sites is 1. The summed E-state index contributed by atoms with van der Waals surface area (Å²) in [5.74, 6) is 0.0816. The van der Waals surface area contributed by atoms with Crippen LogP contribution in [-0.4, -0.2) is 20.6 Å². The van der Waals surface area contributed by atoms with Crippen LogP contribution in [0, 0.1) is 5.92 Å². The fourth-order valence-corrected chi connectivity index (χ4v) is 4.58. The molecule has 0 aliphatic heterocycles. The molecule has 0 aliphatic carbocycles. The Morgan fingerprint density at radius 2 is 1.44 bits per heavy atom. The highest BCUT2D eigenvalue weighted by Gasteiger charge is 2.25. The van der Waals surface area contributed by atoms with Crippen molar-refractivity contribution in [2.45, 2.75) is 32.9 Å². The minimum atomic E-state index is -3.62. The van der Waals surface area contributed by atoms with Gasteiger partial charge in [0.1, 0.15) is 0 Å². The number of amides is 1. The number of carbonyl (C=O) groups is 1. The van der Waals surface area contributed by atoms with Crippen LogP contribution in [0.2, 0.25) is 0 Å². The quantitative estimate of drug-likeness (QED) is 0.489. The van der Waals surface area contributed by atoms with E-state index in [-0.39, 0.29) is 18.5 Å². The van der Waals surface area contributed by atoms with Crippen LogP contribution >= 0.6 is 0 Å². The van der Waals surface area contributed by atoms with Crippen molar-refractivity contribution in [2.24, 2.45) is 5.92 Å². The third-order valence-electron chi connectivity index (χ3n) is 5.20. The number of nitrogens with zero attached hydrogens (tertiary/aromatic N) is 1. The van der Waals surface area contributed by atoms with Gasteiger partial charge in [-0.1, -0.05) is 86.6 Å². The van der Waals surface area contributed by atoms with E-state index < -0.39 is 10.0 Å². The summed E-state index contributed by atoms with van der Waals surface area (Å²) in [6.07, 6.45) is 1.94. The summed E-state index contributed by atoms with van der Waals surface area (Å²) in [6.45, 7) is 4.38. The van der Waals surface area contributed by atoms with Gasteiger partial charge in [0, 0.05) is 0 Å². The van der Waals surface area contributed by atoms with Crippen LogP contribution in [0.4, 0.5) is 5.69 Å². The number of hydrogen-bond acceptors (Lipinski definition) is 3. The molecular formula is C26H30N2O3S. The Morgan fingerprint density at radius 3 is 2.03 bits per heavy atom. The van der Waals surface area contributed by atoms with E-state index in [0.29, 0.717) is 17.2 Å². The van der Waals surface area contributed by atoms with Gasteiger partial charge in [0.2, 0.25) is 10.0 Å². The monoisotopic (exact) mass is 450 g/mol. The summed E-state index contributed by atoms with van der Waals surface area (Å²) in [7, 11) is -3.62. The first kappa shape index (κ1) is 23.5. The van der Waals surface area contributed by atoms with Crippen LogP contribution in [-0.2, 0) is 16.6 Å². The molecule has 0 bridgehead atoms. The zero-order valence-corrected chi connectivity index (χ0v) is 19.5. The lowest BCUT2D eigenvalue weighted by Crippen LogP contribution is -2.34. The molecule has 3 rings (SSSR count). The van der Waals surface area contributed by atoms with Gasteiger partial charge in [-0.3, -0.25) is 9.10 Å². The molecule has 1 N–H and O–H groups in total. The largest absolute Gasteiger partial charge is 0.345 e. The van der Waals surface area contributed by atoms with Gasteiger partial charge in [-0.2, -0.15) is 0 Å². The Morgan fingerprint density at radius 1 is 0.875 bits per heavy atom. The average molecular weight is 451 g/mol. The summed E-state index contributed by atoms with van der Waals surface area (Å²) in [5, 5.41) is 3.13. The Labute approximate surface area is 191 Å². The molecule has 0 radical (unpaired) electrons. The zero-order chi connectivity index (χ0) is 23.1. The number of nitrogens with one attached hydrogen (secondary N) is 1. The van der Waals surface area contributed by atoms with Crippen molar-refractivity contribution in [2.75, 3.05) is 10.6 Å². The smallest absolute Gasteiger partial charge is 0.253 e. The summed E-state index contributed by atoms with van der Waals surface area (Å²) >= 11 is 0. The normalized spacial score (nSPS) is 12.4. The molecule has 0 aliphatic rings. The first-order valence-corrected chi connectivity index (χ1v) is 12.6. The van der Waals surface area contributed by atoms with Crippen molar-refractivity contribution in [3.8, 4) is 0 Å². The second kappa shape index (κ2) is 10.5. The van der Waals surface area contributed by atoms with Gasteiger partial charge in [0.05, 0.1) is 30.1 Å². The minimum Gasteiger partial charge on any atom is -0.345 e. The third kappa shape index (κ3) is 6.20. The van der Waals surface area contributed by atoms with E-state index in [1.54, 1.807) is 24.3 Å². The lowest BCUT2D eigenvalue weighted by Gasteiger charge is -2.26.